The Morgan fingerprint density at radius 2 is 1.75 bits per heavy atom. The van der Waals surface area contributed by atoms with Gasteiger partial charge in [0.05, 0.1) is 4.90 Å². The number of carbonyl (C=O) groups excluding carboxylic acids is 1. The minimum absolute atomic E-state index is 0.0976. The van der Waals surface area contributed by atoms with E-state index < -0.39 is 27.1 Å². The Labute approximate surface area is 137 Å². The molecule has 1 amide bonds. The number of carbonyl (C=O) groups is 1. The second-order valence-electron chi connectivity index (χ2n) is 5.13. The molecule has 3 aromatic rings. The smallest absolute Gasteiger partial charge is 0.336 e. The van der Waals surface area contributed by atoms with Gasteiger partial charge < -0.3 is 9.73 Å². The van der Waals surface area contributed by atoms with E-state index in [4.69, 9.17) is 4.42 Å². The van der Waals surface area contributed by atoms with Crippen molar-refractivity contribution in [1.82, 2.24) is 0 Å². The fraction of sp³-hybridized carbons (Fsp3) is 0.0588. The van der Waals surface area contributed by atoms with Crippen LogP contribution in [0.5, 0.6) is 0 Å². The zero-order valence-corrected chi connectivity index (χ0v) is 13.2. The SMILES string of the molecule is O=C(CS(=O)(=O)c1ccccc1)Nc1ccc2oc(=O)ccc2c1. The summed E-state index contributed by atoms with van der Waals surface area (Å²) in [5.74, 6) is -1.30. The lowest BCUT2D eigenvalue weighted by Gasteiger charge is -2.07. The molecule has 2 aromatic carbocycles. The molecule has 1 aromatic heterocycles. The molecular formula is C17H13NO5S. The van der Waals surface area contributed by atoms with Gasteiger partial charge in [-0.25, -0.2) is 13.2 Å². The largest absolute Gasteiger partial charge is 0.423 e. The molecule has 0 bridgehead atoms. The number of hydrogen-bond acceptors (Lipinski definition) is 5. The van der Waals surface area contributed by atoms with E-state index in [0.29, 0.717) is 16.7 Å². The number of fused-ring (bicyclic) bond motifs is 1. The third kappa shape index (κ3) is 3.52. The number of benzene rings is 2. The minimum atomic E-state index is -3.70. The van der Waals surface area contributed by atoms with Crippen LogP contribution in [0.4, 0.5) is 5.69 Å². The Morgan fingerprint density at radius 1 is 1.00 bits per heavy atom. The lowest BCUT2D eigenvalue weighted by Crippen LogP contribution is -2.23. The van der Waals surface area contributed by atoms with Crippen LogP contribution in [0.3, 0.4) is 0 Å². The van der Waals surface area contributed by atoms with Crippen molar-refractivity contribution in [3.63, 3.8) is 0 Å². The third-order valence-electron chi connectivity index (χ3n) is 3.33. The summed E-state index contributed by atoms with van der Waals surface area (Å²) in [5.41, 5.74) is 0.343. The summed E-state index contributed by atoms with van der Waals surface area (Å²) in [4.78, 5) is 23.3. The predicted molar refractivity (Wildman–Crippen MR) is 89.6 cm³/mol. The zero-order valence-electron chi connectivity index (χ0n) is 12.4. The maximum Gasteiger partial charge on any atom is 0.336 e. The highest BCUT2D eigenvalue weighted by Gasteiger charge is 2.19. The van der Waals surface area contributed by atoms with Gasteiger partial charge in [-0.2, -0.15) is 0 Å². The first-order valence-electron chi connectivity index (χ1n) is 7.06. The van der Waals surface area contributed by atoms with E-state index in [2.05, 4.69) is 5.32 Å². The Hall–Kier alpha value is -2.93. The summed E-state index contributed by atoms with van der Waals surface area (Å²) in [6, 6.07) is 15.3. The topological polar surface area (TPSA) is 93.4 Å². The number of nitrogens with one attached hydrogen (secondary N) is 1. The van der Waals surface area contributed by atoms with E-state index in [-0.39, 0.29) is 4.90 Å². The number of hydrogen-bond donors (Lipinski definition) is 1. The van der Waals surface area contributed by atoms with Crippen molar-refractivity contribution in [3.8, 4) is 0 Å². The van der Waals surface area contributed by atoms with Gasteiger partial charge in [-0.3, -0.25) is 4.79 Å². The highest BCUT2D eigenvalue weighted by molar-refractivity contribution is 7.92. The molecule has 0 aliphatic rings. The van der Waals surface area contributed by atoms with E-state index in [9.17, 15) is 18.0 Å². The fourth-order valence-electron chi connectivity index (χ4n) is 2.23. The van der Waals surface area contributed by atoms with E-state index in [1.807, 2.05) is 0 Å². The lowest BCUT2D eigenvalue weighted by molar-refractivity contribution is -0.113. The monoisotopic (exact) mass is 343 g/mol. The van der Waals surface area contributed by atoms with E-state index in [1.165, 1.54) is 30.3 Å². The first-order valence-corrected chi connectivity index (χ1v) is 8.71. The number of rotatable bonds is 4. The van der Waals surface area contributed by atoms with Crippen molar-refractivity contribution in [3.05, 3.63) is 71.1 Å². The minimum Gasteiger partial charge on any atom is -0.423 e. The molecule has 0 unspecified atom stereocenters. The van der Waals surface area contributed by atoms with Crippen LogP contribution in [0.1, 0.15) is 0 Å². The molecule has 122 valence electrons. The van der Waals surface area contributed by atoms with Crippen LogP contribution < -0.4 is 10.9 Å². The molecule has 0 aliphatic carbocycles. The third-order valence-corrected chi connectivity index (χ3v) is 4.96. The Balaban J connectivity index is 1.77. The van der Waals surface area contributed by atoms with Crippen LogP contribution >= 0.6 is 0 Å². The number of sulfone groups is 1. The van der Waals surface area contributed by atoms with Crippen LogP contribution in [0.25, 0.3) is 11.0 Å². The number of anilines is 1. The average molecular weight is 343 g/mol. The molecule has 1 N–H and O–H groups in total. The average Bonchev–Trinajstić information content (AvgIpc) is 2.55. The molecule has 24 heavy (non-hydrogen) atoms. The molecule has 0 saturated heterocycles. The highest BCUT2D eigenvalue weighted by atomic mass is 32.2. The summed E-state index contributed by atoms with van der Waals surface area (Å²) in [7, 11) is -3.70. The molecule has 0 atom stereocenters. The van der Waals surface area contributed by atoms with Gasteiger partial charge in [-0.05, 0) is 36.4 Å². The Morgan fingerprint density at radius 3 is 2.50 bits per heavy atom. The molecule has 0 spiro atoms. The summed E-state index contributed by atoms with van der Waals surface area (Å²) in [5, 5.41) is 3.16. The van der Waals surface area contributed by atoms with Crippen LogP contribution in [-0.2, 0) is 14.6 Å². The lowest BCUT2D eigenvalue weighted by atomic mass is 10.2. The number of amides is 1. The maximum atomic E-state index is 12.2. The highest BCUT2D eigenvalue weighted by Crippen LogP contribution is 2.18. The Kier molecular flexibility index (Phi) is 4.18. The van der Waals surface area contributed by atoms with Gasteiger partial charge in [-0.15, -0.1) is 0 Å². The van der Waals surface area contributed by atoms with E-state index in [1.54, 1.807) is 30.3 Å². The summed E-state index contributed by atoms with van der Waals surface area (Å²) >= 11 is 0. The quantitative estimate of drug-likeness (QED) is 0.733. The molecule has 3 rings (SSSR count). The van der Waals surface area contributed by atoms with Gasteiger partial charge in [-0.1, -0.05) is 18.2 Å². The normalized spacial score (nSPS) is 11.3. The van der Waals surface area contributed by atoms with Crippen molar-refractivity contribution >= 4 is 32.4 Å². The van der Waals surface area contributed by atoms with Crippen molar-refractivity contribution < 1.29 is 17.6 Å². The predicted octanol–water partition coefficient (Wildman–Crippen LogP) is 2.21. The van der Waals surface area contributed by atoms with Gasteiger partial charge in [0, 0.05) is 17.1 Å². The molecule has 0 radical (unpaired) electrons. The van der Waals surface area contributed by atoms with Crippen molar-refractivity contribution in [2.75, 3.05) is 11.1 Å². The van der Waals surface area contributed by atoms with Crippen molar-refractivity contribution in [1.29, 1.82) is 0 Å². The van der Waals surface area contributed by atoms with Gasteiger partial charge in [0.1, 0.15) is 11.3 Å². The first-order chi connectivity index (χ1) is 11.4. The van der Waals surface area contributed by atoms with Crippen LogP contribution in [0, 0.1) is 0 Å². The fourth-order valence-corrected chi connectivity index (χ4v) is 3.39. The Bertz CT molecular complexity index is 1060. The van der Waals surface area contributed by atoms with Gasteiger partial charge in [0.25, 0.3) is 0 Å². The molecule has 1 heterocycles. The maximum absolute atomic E-state index is 12.2. The molecule has 0 aliphatic heterocycles. The van der Waals surface area contributed by atoms with Gasteiger partial charge in [0.2, 0.25) is 5.91 Å². The molecule has 6 nitrogen and oxygen atoms in total. The zero-order chi connectivity index (χ0) is 17.2. The van der Waals surface area contributed by atoms with Gasteiger partial charge >= 0.3 is 5.63 Å². The summed E-state index contributed by atoms with van der Waals surface area (Å²) in [6.45, 7) is 0. The van der Waals surface area contributed by atoms with Crippen molar-refractivity contribution in [2.45, 2.75) is 4.90 Å². The van der Waals surface area contributed by atoms with Crippen LogP contribution in [0.15, 0.2) is 74.8 Å². The molecule has 7 heteroatoms. The molecule has 0 saturated carbocycles. The van der Waals surface area contributed by atoms with Crippen molar-refractivity contribution in [2.24, 2.45) is 0 Å². The standard InChI is InChI=1S/C17H13NO5S/c19-16(11-24(21,22)14-4-2-1-3-5-14)18-13-7-8-15-12(10-13)6-9-17(20)23-15/h1-10H,11H2,(H,18,19). The van der Waals surface area contributed by atoms with Crippen LogP contribution in [0.2, 0.25) is 0 Å². The van der Waals surface area contributed by atoms with Crippen LogP contribution in [-0.4, -0.2) is 20.1 Å². The molecule has 0 fully saturated rings. The first kappa shape index (κ1) is 15.9. The summed E-state index contributed by atoms with van der Waals surface area (Å²) in [6.07, 6.45) is 0. The van der Waals surface area contributed by atoms with Gasteiger partial charge in [0.15, 0.2) is 9.84 Å². The van der Waals surface area contributed by atoms with E-state index >= 15 is 0 Å². The van der Waals surface area contributed by atoms with E-state index in [0.717, 1.165) is 0 Å². The second-order valence-corrected chi connectivity index (χ2v) is 7.12. The molecular weight excluding hydrogens is 330 g/mol. The second kappa shape index (κ2) is 6.29. The summed E-state index contributed by atoms with van der Waals surface area (Å²) < 4.78 is 29.3.